The highest BCUT2D eigenvalue weighted by molar-refractivity contribution is 5.64. The minimum Gasteiger partial charge on any atom is -0.496 e. The van der Waals surface area contributed by atoms with E-state index in [0.29, 0.717) is 6.04 Å². The van der Waals surface area contributed by atoms with Gasteiger partial charge in [0.2, 0.25) is 0 Å². The molecule has 2 aromatic carbocycles. The Morgan fingerprint density at radius 2 is 2.10 bits per heavy atom. The summed E-state index contributed by atoms with van der Waals surface area (Å²) in [4.78, 5) is 0. The highest BCUT2D eigenvalue weighted by atomic mass is 16.5. The Morgan fingerprint density at radius 3 is 2.85 bits per heavy atom. The van der Waals surface area contributed by atoms with Crippen LogP contribution >= 0.6 is 0 Å². The molecular weight excluding hydrogens is 246 g/mol. The standard InChI is InChI=1S/C18H21NO/c1-4-13-6-5-7-14-11-16(19-18(13)14)15-10-12(2)8-9-17(15)20-3/h5-10,16,19H,4,11H2,1-3H3. The Labute approximate surface area is 120 Å². The minimum atomic E-state index is 0.313. The predicted octanol–water partition coefficient (Wildman–Crippen LogP) is 4.28. The molecule has 2 nitrogen and oxygen atoms in total. The van der Waals surface area contributed by atoms with Crippen molar-refractivity contribution in [3.8, 4) is 5.75 Å². The summed E-state index contributed by atoms with van der Waals surface area (Å²) in [6, 6.07) is 13.3. The first kappa shape index (κ1) is 13.0. The highest BCUT2D eigenvalue weighted by Crippen LogP contribution is 2.39. The average Bonchev–Trinajstić information content (AvgIpc) is 2.90. The van der Waals surface area contributed by atoms with Gasteiger partial charge < -0.3 is 10.1 Å². The van der Waals surface area contributed by atoms with Gasteiger partial charge in [0.05, 0.1) is 13.2 Å². The number of rotatable bonds is 3. The van der Waals surface area contributed by atoms with Gasteiger partial charge in [-0.3, -0.25) is 0 Å². The average molecular weight is 267 g/mol. The summed E-state index contributed by atoms with van der Waals surface area (Å²) >= 11 is 0. The van der Waals surface area contributed by atoms with Crippen LogP contribution < -0.4 is 10.1 Å². The van der Waals surface area contributed by atoms with Crippen LogP contribution in [0.1, 0.15) is 35.2 Å². The second kappa shape index (κ2) is 5.20. The van der Waals surface area contributed by atoms with Gasteiger partial charge in [-0.05, 0) is 37.0 Å². The zero-order valence-corrected chi connectivity index (χ0v) is 12.4. The van der Waals surface area contributed by atoms with Crippen molar-refractivity contribution in [2.24, 2.45) is 0 Å². The van der Waals surface area contributed by atoms with Crippen molar-refractivity contribution < 1.29 is 4.74 Å². The molecule has 2 aromatic rings. The van der Waals surface area contributed by atoms with E-state index in [9.17, 15) is 0 Å². The maximum absolute atomic E-state index is 5.53. The minimum absolute atomic E-state index is 0.313. The zero-order chi connectivity index (χ0) is 14.1. The van der Waals surface area contributed by atoms with Crippen molar-refractivity contribution in [2.75, 3.05) is 12.4 Å². The van der Waals surface area contributed by atoms with Crippen molar-refractivity contribution in [2.45, 2.75) is 32.7 Å². The van der Waals surface area contributed by atoms with Gasteiger partial charge in [0.1, 0.15) is 5.75 Å². The van der Waals surface area contributed by atoms with Crippen molar-refractivity contribution in [3.05, 3.63) is 58.7 Å². The van der Waals surface area contributed by atoms with E-state index in [1.807, 2.05) is 0 Å². The number of hydrogen-bond donors (Lipinski definition) is 1. The number of methoxy groups -OCH3 is 1. The fraction of sp³-hybridized carbons (Fsp3) is 0.333. The van der Waals surface area contributed by atoms with Gasteiger partial charge in [-0.25, -0.2) is 0 Å². The van der Waals surface area contributed by atoms with Crippen molar-refractivity contribution in [1.29, 1.82) is 0 Å². The van der Waals surface area contributed by atoms with Crippen molar-refractivity contribution in [1.82, 2.24) is 0 Å². The van der Waals surface area contributed by atoms with Crippen LogP contribution in [-0.4, -0.2) is 7.11 Å². The normalized spacial score (nSPS) is 16.6. The van der Waals surface area contributed by atoms with Gasteiger partial charge in [-0.15, -0.1) is 0 Å². The third kappa shape index (κ3) is 2.15. The lowest BCUT2D eigenvalue weighted by atomic mass is 9.99. The molecule has 0 saturated heterocycles. The molecule has 0 fully saturated rings. The van der Waals surface area contributed by atoms with Gasteiger partial charge in [0, 0.05) is 11.3 Å². The van der Waals surface area contributed by atoms with E-state index in [1.165, 1.54) is 27.9 Å². The summed E-state index contributed by atoms with van der Waals surface area (Å²) in [7, 11) is 1.74. The van der Waals surface area contributed by atoms with Gasteiger partial charge in [-0.1, -0.05) is 42.8 Å². The smallest absolute Gasteiger partial charge is 0.124 e. The van der Waals surface area contributed by atoms with Gasteiger partial charge in [0.15, 0.2) is 0 Å². The topological polar surface area (TPSA) is 21.3 Å². The molecule has 1 unspecified atom stereocenters. The van der Waals surface area contributed by atoms with Gasteiger partial charge in [-0.2, -0.15) is 0 Å². The number of hydrogen-bond acceptors (Lipinski definition) is 2. The summed E-state index contributed by atoms with van der Waals surface area (Å²) in [6.45, 7) is 4.33. The lowest BCUT2D eigenvalue weighted by molar-refractivity contribution is 0.407. The van der Waals surface area contributed by atoms with Crippen LogP contribution in [0.25, 0.3) is 0 Å². The molecule has 2 heteroatoms. The van der Waals surface area contributed by atoms with Crippen molar-refractivity contribution in [3.63, 3.8) is 0 Å². The summed E-state index contributed by atoms with van der Waals surface area (Å²) in [5.74, 6) is 0.971. The van der Waals surface area contributed by atoms with E-state index >= 15 is 0 Å². The number of aryl methyl sites for hydroxylation is 2. The third-order valence-electron chi connectivity index (χ3n) is 4.12. The van der Waals surface area contributed by atoms with Crippen LogP contribution in [0.3, 0.4) is 0 Å². The third-order valence-corrected chi connectivity index (χ3v) is 4.12. The summed E-state index contributed by atoms with van der Waals surface area (Å²) in [5.41, 5.74) is 6.66. The molecule has 0 amide bonds. The highest BCUT2D eigenvalue weighted by Gasteiger charge is 2.25. The first-order valence-electron chi connectivity index (χ1n) is 7.24. The second-order valence-corrected chi connectivity index (χ2v) is 5.45. The molecule has 20 heavy (non-hydrogen) atoms. The molecule has 1 aliphatic heterocycles. The lowest BCUT2D eigenvalue weighted by Crippen LogP contribution is -2.08. The number of nitrogens with one attached hydrogen (secondary N) is 1. The molecule has 3 rings (SSSR count). The van der Waals surface area contributed by atoms with E-state index in [2.05, 4.69) is 55.6 Å². The molecule has 1 aliphatic rings. The van der Waals surface area contributed by atoms with E-state index in [0.717, 1.165) is 18.6 Å². The Bertz CT molecular complexity index is 633. The fourth-order valence-corrected chi connectivity index (χ4v) is 3.06. The molecule has 0 bridgehead atoms. The first-order chi connectivity index (χ1) is 9.72. The van der Waals surface area contributed by atoms with Gasteiger partial charge in [0.25, 0.3) is 0 Å². The molecule has 1 N–H and O–H groups in total. The molecule has 1 atom stereocenters. The van der Waals surface area contributed by atoms with E-state index in [4.69, 9.17) is 4.74 Å². The van der Waals surface area contributed by atoms with Crippen LogP contribution in [0.2, 0.25) is 0 Å². The SMILES string of the molecule is CCc1cccc2c1NC(c1cc(C)ccc1OC)C2. The van der Waals surface area contributed by atoms with E-state index in [1.54, 1.807) is 7.11 Å². The van der Waals surface area contributed by atoms with Crippen LogP contribution in [0, 0.1) is 6.92 Å². The Morgan fingerprint density at radius 1 is 1.25 bits per heavy atom. The quantitative estimate of drug-likeness (QED) is 0.896. The molecule has 0 aliphatic carbocycles. The summed E-state index contributed by atoms with van der Waals surface area (Å²) in [5, 5.41) is 3.69. The Hall–Kier alpha value is -1.96. The maximum Gasteiger partial charge on any atom is 0.124 e. The molecular formula is C18H21NO. The van der Waals surface area contributed by atoms with Crippen LogP contribution in [-0.2, 0) is 12.8 Å². The summed E-state index contributed by atoms with van der Waals surface area (Å²) < 4.78 is 5.53. The largest absolute Gasteiger partial charge is 0.496 e. The number of ether oxygens (including phenoxy) is 1. The molecule has 0 radical (unpaired) electrons. The predicted molar refractivity (Wildman–Crippen MR) is 83.6 cm³/mol. The number of benzene rings is 2. The summed E-state index contributed by atoms with van der Waals surface area (Å²) in [6.07, 6.45) is 2.09. The zero-order valence-electron chi connectivity index (χ0n) is 12.4. The van der Waals surface area contributed by atoms with Crippen LogP contribution in [0.4, 0.5) is 5.69 Å². The molecule has 0 spiro atoms. The molecule has 1 heterocycles. The maximum atomic E-state index is 5.53. The number of anilines is 1. The van der Waals surface area contributed by atoms with E-state index in [-0.39, 0.29) is 0 Å². The molecule has 0 aromatic heterocycles. The van der Waals surface area contributed by atoms with Crippen LogP contribution in [0.5, 0.6) is 5.75 Å². The fourth-order valence-electron chi connectivity index (χ4n) is 3.06. The second-order valence-electron chi connectivity index (χ2n) is 5.45. The molecule has 104 valence electrons. The number of fused-ring (bicyclic) bond motifs is 1. The molecule has 0 saturated carbocycles. The monoisotopic (exact) mass is 267 g/mol. The Balaban J connectivity index is 1.98. The Kier molecular flexibility index (Phi) is 3.39. The lowest BCUT2D eigenvalue weighted by Gasteiger charge is -2.17. The van der Waals surface area contributed by atoms with Crippen LogP contribution in [0.15, 0.2) is 36.4 Å². The first-order valence-corrected chi connectivity index (χ1v) is 7.24. The van der Waals surface area contributed by atoms with Crippen molar-refractivity contribution >= 4 is 5.69 Å². The van der Waals surface area contributed by atoms with E-state index < -0.39 is 0 Å². The van der Waals surface area contributed by atoms with Gasteiger partial charge >= 0.3 is 0 Å². The number of para-hydroxylation sites is 1.